The molecule has 0 saturated heterocycles. The summed E-state index contributed by atoms with van der Waals surface area (Å²) >= 11 is 0. The molecular weight excluding hydrogens is 949 g/mol. The molecule has 0 aromatic rings. The van der Waals surface area contributed by atoms with Crippen molar-refractivity contribution < 1.29 is 43.8 Å². The Balaban J connectivity index is -0.000000386. The highest BCUT2D eigenvalue weighted by molar-refractivity contribution is 5.01. The summed E-state index contributed by atoms with van der Waals surface area (Å²) < 4.78 is 4.87. The first-order valence-electron chi connectivity index (χ1n) is 29.1. The van der Waals surface area contributed by atoms with Crippen LogP contribution in [0.3, 0.4) is 0 Å². The highest BCUT2D eigenvalue weighted by Crippen LogP contribution is 2.60. The van der Waals surface area contributed by atoms with E-state index in [9.17, 15) is 0 Å². The summed E-state index contributed by atoms with van der Waals surface area (Å²) in [4.78, 5) is 36.9. The van der Waals surface area contributed by atoms with Gasteiger partial charge in [-0.1, -0.05) is 111 Å². The number of fused-ring (bicyclic) bond motifs is 15. The molecule has 13 unspecified atom stereocenters. The summed E-state index contributed by atoms with van der Waals surface area (Å²) in [5.41, 5.74) is 3.98. The maximum absolute atomic E-state index is 4.87. The largest absolute Gasteiger partial charge is 0.350 e. The average Bonchev–Trinajstić information content (AvgIpc) is 4.23. The SMILES string of the molecule is C.C.C.C.C1CC2C3CCC(C3)C2C1.C1CC2C3CCC(C3)C2C1.C1CC2C3CCC(C3)C2C1.C=C(C)C(OC)OOCC.C=C(C)CC.C=C(C)COOCC.C=C(C)COOCC.C=CCC.C=CCOOCC. The van der Waals surface area contributed by atoms with Crippen LogP contribution in [0.25, 0.3) is 0 Å². The van der Waals surface area contributed by atoms with Gasteiger partial charge in [-0.3, -0.25) is 0 Å². The topological polar surface area (TPSA) is 83.1 Å². The van der Waals surface area contributed by atoms with E-state index < -0.39 is 6.29 Å². The predicted molar refractivity (Wildman–Crippen MR) is 328 cm³/mol. The molecule has 76 heavy (non-hydrogen) atoms. The van der Waals surface area contributed by atoms with E-state index in [1.807, 2.05) is 61.5 Å². The lowest BCUT2D eigenvalue weighted by molar-refractivity contribution is -0.360. The lowest BCUT2D eigenvalue weighted by Gasteiger charge is -2.23. The maximum Gasteiger partial charge on any atom is 0.212 e. The van der Waals surface area contributed by atoms with Crippen molar-refractivity contribution in [2.75, 3.05) is 53.4 Å². The fraction of sp³-hybridized carbons (Fsp3) is 0.821. The summed E-state index contributed by atoms with van der Waals surface area (Å²) in [6.45, 7) is 44.4. The molecule has 0 aromatic carbocycles. The van der Waals surface area contributed by atoms with Gasteiger partial charge in [0.1, 0.15) is 19.8 Å². The van der Waals surface area contributed by atoms with E-state index in [2.05, 4.69) is 87.5 Å². The van der Waals surface area contributed by atoms with Crippen LogP contribution in [0.2, 0.25) is 0 Å². The molecule has 9 aliphatic rings. The summed E-state index contributed by atoms with van der Waals surface area (Å²) in [7, 11) is 1.54. The standard InChI is InChI=1S/3C10H16.C7H14O3.2C6H12O2.C5H10O2.C5H10.C4H8.4CH4/c3*1-2-9-7-4-5-8(6-7)10(9)3-1;1-5-9-10-7(8-4)6(2)3;2*1-4-7-8-5-6(2)3;1-3-5-7-6-4-2;1-4-5(2)3;1-3-4-2;;;;/h3*7-10H,1-6H2;7H,2,5H2,1,3-4H3;2*2,4-5H2,1,3H3;3H,1,4-5H2,2H3;2,4H2,1,3H3;3H,1,4H2,2H3;4*1H4. The van der Waals surface area contributed by atoms with Crippen molar-refractivity contribution >= 4 is 0 Å². The Morgan fingerprint density at radius 1 is 0.421 bits per heavy atom. The van der Waals surface area contributed by atoms with Gasteiger partial charge < -0.3 is 4.74 Å². The highest BCUT2D eigenvalue weighted by Gasteiger charge is 2.50. The van der Waals surface area contributed by atoms with Crippen LogP contribution in [0.4, 0.5) is 0 Å². The minimum Gasteiger partial charge on any atom is -0.350 e. The molecule has 0 radical (unpaired) electrons. The normalized spacial score (nSPS) is 28.0. The molecule has 0 spiro atoms. The van der Waals surface area contributed by atoms with Crippen LogP contribution >= 0.6 is 0 Å². The molecule has 9 rings (SSSR count). The van der Waals surface area contributed by atoms with Gasteiger partial charge in [-0.15, -0.1) is 19.7 Å². The van der Waals surface area contributed by atoms with Crippen molar-refractivity contribution in [2.45, 2.75) is 234 Å². The maximum atomic E-state index is 4.87. The fourth-order valence-electron chi connectivity index (χ4n) is 13.1. The second-order valence-electron chi connectivity index (χ2n) is 21.9. The third-order valence-corrected chi connectivity index (χ3v) is 16.2. The molecule has 9 fully saturated rings. The van der Waals surface area contributed by atoms with Crippen molar-refractivity contribution in [2.24, 2.45) is 71.0 Å². The lowest BCUT2D eigenvalue weighted by Crippen LogP contribution is -2.16. The Labute approximate surface area is 473 Å². The van der Waals surface area contributed by atoms with Gasteiger partial charge in [0.25, 0.3) is 0 Å². The first-order valence-corrected chi connectivity index (χ1v) is 29.1. The molecule has 9 aliphatic carbocycles. The molecule has 6 bridgehead atoms. The van der Waals surface area contributed by atoms with Gasteiger partial charge in [-0.2, -0.15) is 4.89 Å². The van der Waals surface area contributed by atoms with Crippen molar-refractivity contribution in [3.8, 4) is 0 Å². The van der Waals surface area contributed by atoms with Crippen LogP contribution in [0.5, 0.6) is 0 Å². The van der Waals surface area contributed by atoms with Crippen LogP contribution in [0, 0.1) is 71.0 Å². The third-order valence-electron chi connectivity index (χ3n) is 16.2. The minimum atomic E-state index is -0.444. The number of ether oxygens (including phenoxy) is 1. The summed E-state index contributed by atoms with van der Waals surface area (Å²) in [5, 5.41) is 0. The average molecular weight is 1080 g/mol. The van der Waals surface area contributed by atoms with Crippen LogP contribution < -0.4 is 0 Å². The van der Waals surface area contributed by atoms with E-state index in [1.54, 1.807) is 129 Å². The van der Waals surface area contributed by atoms with Crippen molar-refractivity contribution in [3.05, 3.63) is 73.9 Å². The minimum absolute atomic E-state index is 0. The van der Waals surface area contributed by atoms with E-state index >= 15 is 0 Å². The second kappa shape index (κ2) is 50.1. The van der Waals surface area contributed by atoms with Gasteiger partial charge in [-0.25, -0.2) is 34.2 Å². The number of hydrogen-bond donors (Lipinski definition) is 0. The van der Waals surface area contributed by atoms with Crippen molar-refractivity contribution in [1.29, 1.82) is 0 Å². The summed E-state index contributed by atoms with van der Waals surface area (Å²) in [6.07, 6.45) is 33.9. The van der Waals surface area contributed by atoms with Crippen LogP contribution in [-0.4, -0.2) is 59.6 Å². The third kappa shape index (κ3) is 32.4. The molecule has 0 heterocycles. The number of methoxy groups -OCH3 is 1. The van der Waals surface area contributed by atoms with Crippen LogP contribution in [-0.2, 0) is 43.8 Å². The van der Waals surface area contributed by atoms with Gasteiger partial charge in [0, 0.05) is 7.11 Å². The zero-order valence-corrected chi connectivity index (χ0v) is 48.7. The van der Waals surface area contributed by atoms with Gasteiger partial charge in [0.2, 0.25) is 6.29 Å². The van der Waals surface area contributed by atoms with E-state index in [1.165, 1.54) is 76.6 Å². The van der Waals surface area contributed by atoms with E-state index in [0.29, 0.717) is 46.2 Å². The monoisotopic (exact) mass is 1080 g/mol. The van der Waals surface area contributed by atoms with E-state index in [-0.39, 0.29) is 29.7 Å². The number of allylic oxidation sites excluding steroid dienone is 2. The molecule has 0 aliphatic heterocycles. The Hall–Kier alpha value is -1.92. The molecule has 9 heteroatoms. The second-order valence-corrected chi connectivity index (χ2v) is 21.9. The number of hydrogen-bond acceptors (Lipinski definition) is 9. The molecule has 9 saturated carbocycles. The molecular formula is C67H130O9. The van der Waals surface area contributed by atoms with E-state index in [4.69, 9.17) is 9.62 Å². The highest BCUT2D eigenvalue weighted by atomic mass is 17.2. The van der Waals surface area contributed by atoms with Gasteiger partial charge >= 0.3 is 0 Å². The zero-order valence-electron chi connectivity index (χ0n) is 48.7. The Morgan fingerprint density at radius 2 is 0.697 bits per heavy atom. The molecule has 9 nitrogen and oxygen atoms in total. The van der Waals surface area contributed by atoms with Crippen molar-refractivity contribution in [1.82, 2.24) is 0 Å². The summed E-state index contributed by atoms with van der Waals surface area (Å²) in [6, 6.07) is 0. The molecule has 452 valence electrons. The fourth-order valence-corrected chi connectivity index (χ4v) is 13.1. The Bertz CT molecular complexity index is 1280. The Morgan fingerprint density at radius 3 is 0.895 bits per heavy atom. The first-order chi connectivity index (χ1) is 34.7. The van der Waals surface area contributed by atoms with Gasteiger partial charge in [-0.05, 0) is 241 Å². The Kier molecular flexibility index (Phi) is 53.1. The summed E-state index contributed by atoms with van der Waals surface area (Å²) in [5.74, 6) is 14.4. The van der Waals surface area contributed by atoms with Crippen LogP contribution in [0.15, 0.2) is 73.9 Å². The lowest BCUT2D eigenvalue weighted by atomic mass is 9.82. The van der Waals surface area contributed by atoms with Gasteiger partial charge in [0.05, 0.1) is 26.4 Å². The quantitative estimate of drug-likeness (QED) is 0.0413. The molecule has 0 amide bonds. The van der Waals surface area contributed by atoms with E-state index in [0.717, 1.165) is 29.6 Å². The predicted octanol–water partition coefficient (Wildman–Crippen LogP) is 20.3. The first kappa shape index (κ1) is 80.6. The van der Waals surface area contributed by atoms with Crippen molar-refractivity contribution in [3.63, 3.8) is 0 Å². The molecule has 0 aromatic heterocycles. The molecule has 13 atom stereocenters. The van der Waals surface area contributed by atoms with Crippen LogP contribution in [0.1, 0.15) is 227 Å². The zero-order chi connectivity index (χ0) is 53.7. The van der Waals surface area contributed by atoms with Gasteiger partial charge in [0.15, 0.2) is 0 Å². The smallest absolute Gasteiger partial charge is 0.212 e. The number of rotatable bonds is 19. The molecule has 0 N–H and O–H groups in total.